The van der Waals surface area contributed by atoms with Gasteiger partial charge < -0.3 is 4.74 Å². The summed E-state index contributed by atoms with van der Waals surface area (Å²) in [5, 5.41) is 0. The summed E-state index contributed by atoms with van der Waals surface area (Å²) in [4.78, 5) is 22.9. The lowest BCUT2D eigenvalue weighted by atomic mass is 9.74. The summed E-state index contributed by atoms with van der Waals surface area (Å²) in [6.07, 6.45) is 8.49. The molecular weight excluding hydrogens is 204 g/mol. The Hall–Kier alpha value is -1.38. The largest absolute Gasteiger partial charge is 0.458 e. The molecule has 0 saturated heterocycles. The maximum atomic E-state index is 11.8. The molecule has 0 radical (unpaired) electrons. The first kappa shape index (κ1) is 9.82. The van der Waals surface area contributed by atoms with Crippen molar-refractivity contribution in [1.29, 1.82) is 0 Å². The van der Waals surface area contributed by atoms with Gasteiger partial charge in [-0.3, -0.25) is 9.59 Å². The quantitative estimate of drug-likeness (QED) is 0.495. The molecule has 0 aromatic heterocycles. The molecule has 3 heteroatoms. The third-order valence-electron chi connectivity index (χ3n) is 3.98. The second-order valence-electron chi connectivity index (χ2n) is 4.89. The maximum absolute atomic E-state index is 11.8. The third kappa shape index (κ3) is 1.27. The zero-order valence-electron chi connectivity index (χ0n) is 9.13. The first-order valence-electron chi connectivity index (χ1n) is 5.74. The number of esters is 1. The molecule has 2 bridgehead atoms. The third-order valence-corrected chi connectivity index (χ3v) is 3.98. The van der Waals surface area contributed by atoms with Gasteiger partial charge in [0.25, 0.3) is 0 Å². The van der Waals surface area contributed by atoms with Crippen molar-refractivity contribution in [3.63, 3.8) is 0 Å². The van der Waals surface area contributed by atoms with Gasteiger partial charge in [0.15, 0.2) is 5.78 Å². The van der Waals surface area contributed by atoms with E-state index in [2.05, 4.69) is 12.2 Å². The van der Waals surface area contributed by atoms with Gasteiger partial charge in [0.05, 0.1) is 0 Å². The fraction of sp³-hybridized carbons (Fsp3) is 0.538. The number of hydrogen-bond acceptors (Lipinski definition) is 3. The Labute approximate surface area is 94.2 Å². The second-order valence-corrected chi connectivity index (χ2v) is 4.89. The van der Waals surface area contributed by atoms with Crippen molar-refractivity contribution in [2.24, 2.45) is 23.7 Å². The molecule has 3 aliphatic rings. The second kappa shape index (κ2) is 3.30. The van der Waals surface area contributed by atoms with Gasteiger partial charge >= 0.3 is 5.97 Å². The molecule has 3 aliphatic carbocycles. The van der Waals surface area contributed by atoms with Crippen molar-refractivity contribution in [3.05, 3.63) is 24.3 Å². The van der Waals surface area contributed by atoms with Crippen LogP contribution < -0.4 is 0 Å². The highest BCUT2D eigenvalue weighted by Gasteiger charge is 2.52. The Bertz CT molecular complexity index is 407. The molecule has 3 nitrogen and oxygen atoms in total. The van der Waals surface area contributed by atoms with Crippen LogP contribution in [0, 0.1) is 23.7 Å². The molecule has 0 aliphatic heterocycles. The van der Waals surface area contributed by atoms with Crippen LogP contribution >= 0.6 is 0 Å². The number of carbonyl (C=O) groups is 2. The minimum absolute atomic E-state index is 0.0457. The lowest BCUT2D eigenvalue weighted by molar-refractivity contribution is -0.149. The summed E-state index contributed by atoms with van der Waals surface area (Å²) < 4.78 is 5.29. The van der Waals surface area contributed by atoms with E-state index in [-0.39, 0.29) is 29.7 Å². The van der Waals surface area contributed by atoms with Gasteiger partial charge in [-0.1, -0.05) is 12.2 Å². The number of ketones is 1. The number of hydrogen-bond donors (Lipinski definition) is 0. The molecule has 0 spiro atoms. The van der Waals surface area contributed by atoms with Crippen LogP contribution in [0.1, 0.15) is 13.3 Å². The number of ether oxygens (including phenoxy) is 1. The Morgan fingerprint density at radius 1 is 1.31 bits per heavy atom. The predicted octanol–water partition coefficient (Wildman–Crippen LogP) is 1.50. The zero-order valence-corrected chi connectivity index (χ0v) is 9.13. The monoisotopic (exact) mass is 218 g/mol. The summed E-state index contributed by atoms with van der Waals surface area (Å²) in [6, 6.07) is 0. The molecule has 84 valence electrons. The van der Waals surface area contributed by atoms with Crippen LogP contribution in [-0.2, 0) is 14.3 Å². The SMILES string of the molecule is CC(=O)O[C@H]1C=CC(=O)[C@@H]2[C@H]1[C@@H]1C=C[C@H]2C1. The Kier molecular flexibility index (Phi) is 2.03. The van der Waals surface area contributed by atoms with Gasteiger partial charge in [-0.2, -0.15) is 0 Å². The number of carbonyl (C=O) groups excluding carboxylic acids is 2. The first-order chi connectivity index (χ1) is 7.66. The van der Waals surface area contributed by atoms with E-state index in [0.29, 0.717) is 11.8 Å². The molecule has 0 heterocycles. The predicted molar refractivity (Wildman–Crippen MR) is 57.4 cm³/mol. The summed E-state index contributed by atoms with van der Waals surface area (Å²) in [6.45, 7) is 1.42. The molecule has 0 unspecified atom stereocenters. The van der Waals surface area contributed by atoms with Crippen molar-refractivity contribution in [3.8, 4) is 0 Å². The molecule has 3 rings (SSSR count). The molecule has 1 saturated carbocycles. The van der Waals surface area contributed by atoms with Gasteiger partial charge in [-0.05, 0) is 30.4 Å². The van der Waals surface area contributed by atoms with E-state index in [1.54, 1.807) is 12.2 Å². The average Bonchev–Trinajstić information content (AvgIpc) is 2.82. The van der Waals surface area contributed by atoms with Crippen LogP contribution in [-0.4, -0.2) is 17.9 Å². The zero-order chi connectivity index (χ0) is 11.3. The minimum Gasteiger partial charge on any atom is -0.458 e. The number of allylic oxidation sites excluding steroid dienone is 3. The molecular formula is C13H14O3. The number of rotatable bonds is 1. The molecule has 1 fully saturated rings. The van der Waals surface area contributed by atoms with Crippen molar-refractivity contribution in [2.45, 2.75) is 19.4 Å². The van der Waals surface area contributed by atoms with Crippen molar-refractivity contribution >= 4 is 11.8 Å². The van der Waals surface area contributed by atoms with Gasteiger partial charge in [-0.15, -0.1) is 0 Å². The highest BCUT2D eigenvalue weighted by atomic mass is 16.5. The minimum atomic E-state index is -0.269. The van der Waals surface area contributed by atoms with Crippen LogP contribution in [0.15, 0.2) is 24.3 Å². The van der Waals surface area contributed by atoms with Crippen LogP contribution in [0.25, 0.3) is 0 Å². The molecule has 0 aromatic carbocycles. The van der Waals surface area contributed by atoms with Gasteiger partial charge in [0.2, 0.25) is 0 Å². The van der Waals surface area contributed by atoms with Crippen LogP contribution in [0.4, 0.5) is 0 Å². The van der Waals surface area contributed by atoms with Crippen molar-refractivity contribution in [2.75, 3.05) is 0 Å². The molecule has 0 N–H and O–H groups in total. The lowest BCUT2D eigenvalue weighted by Crippen LogP contribution is -2.39. The van der Waals surface area contributed by atoms with Crippen LogP contribution in [0.3, 0.4) is 0 Å². The van der Waals surface area contributed by atoms with Crippen LogP contribution in [0.5, 0.6) is 0 Å². The van der Waals surface area contributed by atoms with Gasteiger partial charge in [-0.25, -0.2) is 0 Å². The summed E-state index contributed by atoms with van der Waals surface area (Å²) in [5.74, 6) is 0.930. The van der Waals surface area contributed by atoms with E-state index < -0.39 is 0 Å². The van der Waals surface area contributed by atoms with E-state index in [0.717, 1.165) is 6.42 Å². The molecule has 5 atom stereocenters. The number of fused-ring (bicyclic) bond motifs is 5. The van der Waals surface area contributed by atoms with Gasteiger partial charge in [0.1, 0.15) is 6.10 Å². The Morgan fingerprint density at radius 3 is 2.81 bits per heavy atom. The fourth-order valence-corrected chi connectivity index (χ4v) is 3.45. The van der Waals surface area contributed by atoms with Crippen molar-refractivity contribution < 1.29 is 14.3 Å². The van der Waals surface area contributed by atoms with E-state index in [1.165, 1.54) is 6.92 Å². The molecule has 0 aromatic rings. The highest BCUT2D eigenvalue weighted by molar-refractivity contribution is 5.94. The maximum Gasteiger partial charge on any atom is 0.303 e. The first-order valence-corrected chi connectivity index (χ1v) is 5.74. The normalized spacial score (nSPS) is 43.6. The van der Waals surface area contributed by atoms with Crippen molar-refractivity contribution in [1.82, 2.24) is 0 Å². The summed E-state index contributed by atoms with van der Waals surface area (Å²) >= 11 is 0. The fourth-order valence-electron chi connectivity index (χ4n) is 3.45. The molecule has 0 amide bonds. The Balaban J connectivity index is 1.92. The molecule has 16 heavy (non-hydrogen) atoms. The van der Waals surface area contributed by atoms with Gasteiger partial charge in [0, 0.05) is 18.8 Å². The Morgan fingerprint density at radius 2 is 2.06 bits per heavy atom. The smallest absolute Gasteiger partial charge is 0.303 e. The van der Waals surface area contributed by atoms with Crippen LogP contribution in [0.2, 0.25) is 0 Å². The van der Waals surface area contributed by atoms with E-state index in [1.807, 2.05) is 0 Å². The summed E-state index contributed by atoms with van der Waals surface area (Å²) in [7, 11) is 0. The standard InChI is InChI=1S/C13H14O3/c1-7(14)16-11-5-4-10(15)12-8-2-3-9(6-8)13(11)12/h2-5,8-9,11-13H,6H2,1H3/t8-,9+,11-,12+,13-/m0/s1. The average molecular weight is 218 g/mol. The van der Waals surface area contributed by atoms with E-state index in [4.69, 9.17) is 4.74 Å². The lowest BCUT2D eigenvalue weighted by Gasteiger charge is -2.33. The highest BCUT2D eigenvalue weighted by Crippen LogP contribution is 2.52. The van der Waals surface area contributed by atoms with E-state index in [9.17, 15) is 9.59 Å². The topological polar surface area (TPSA) is 43.4 Å². The summed E-state index contributed by atoms with van der Waals surface area (Å²) in [5.41, 5.74) is 0. The van der Waals surface area contributed by atoms with E-state index >= 15 is 0 Å².